The van der Waals surface area contributed by atoms with Gasteiger partial charge in [0.05, 0.1) is 10.9 Å². The van der Waals surface area contributed by atoms with E-state index in [1.165, 1.54) is 16.7 Å². The van der Waals surface area contributed by atoms with Crippen LogP contribution in [0.3, 0.4) is 0 Å². The molecule has 7 nitrogen and oxygen atoms in total. The van der Waals surface area contributed by atoms with Crippen LogP contribution in [0.4, 0.5) is 5.82 Å². The minimum absolute atomic E-state index is 0.222. The number of pyridine rings is 1. The monoisotopic (exact) mass is 284 g/mol. The predicted molar refractivity (Wildman–Crippen MR) is 72.8 cm³/mol. The van der Waals surface area contributed by atoms with Gasteiger partial charge in [0.1, 0.15) is 16.4 Å². The molecule has 0 amide bonds. The summed E-state index contributed by atoms with van der Waals surface area (Å²) < 4.78 is 25.1. The van der Waals surface area contributed by atoms with E-state index in [9.17, 15) is 13.2 Å². The third-order valence-corrected chi connectivity index (χ3v) is 5.33. The van der Waals surface area contributed by atoms with Gasteiger partial charge in [0.25, 0.3) is 0 Å². The topological polar surface area (TPSA) is 109 Å². The van der Waals surface area contributed by atoms with E-state index in [-0.39, 0.29) is 4.90 Å². The molecule has 0 aliphatic rings. The number of hydrogen-bond acceptors (Lipinski definition) is 5. The summed E-state index contributed by atoms with van der Waals surface area (Å²) in [6, 6.07) is 1.24. The molecular formula is C11H16N4O3S. The Morgan fingerprint density at radius 1 is 1.32 bits per heavy atom. The zero-order valence-corrected chi connectivity index (χ0v) is 11.7. The first-order chi connectivity index (χ1) is 8.66. The number of nitrogens with one attached hydrogen (secondary N) is 2. The van der Waals surface area contributed by atoms with Crippen molar-refractivity contribution < 1.29 is 8.42 Å². The average Bonchev–Trinajstić information content (AvgIpc) is 2.68. The number of aromatic nitrogens is 2. The number of nitrogens with two attached hydrogens (primary N) is 1. The summed E-state index contributed by atoms with van der Waals surface area (Å²) in [5, 5.41) is 0. The standard InChI is InChI=1S/C11H16N4O3S/c1-11(2,3)19(17,18)8-5-15-6-9(14-12)13-10(15)4-7(8)16/h4-6,13-14H,12H2,1-3H3. The zero-order valence-electron chi connectivity index (χ0n) is 10.9. The molecule has 2 heterocycles. The van der Waals surface area contributed by atoms with E-state index in [1.807, 2.05) is 0 Å². The molecular weight excluding hydrogens is 268 g/mol. The fourth-order valence-corrected chi connectivity index (χ4v) is 2.89. The highest BCUT2D eigenvalue weighted by Gasteiger charge is 2.33. The number of anilines is 1. The van der Waals surface area contributed by atoms with Crippen LogP contribution >= 0.6 is 0 Å². The van der Waals surface area contributed by atoms with Gasteiger partial charge in [0.2, 0.25) is 5.43 Å². The Hall–Kier alpha value is -1.80. The van der Waals surface area contributed by atoms with Gasteiger partial charge in [0.15, 0.2) is 9.84 Å². The largest absolute Gasteiger partial charge is 0.326 e. The number of hydrogen-bond donors (Lipinski definition) is 3. The fourth-order valence-electron chi connectivity index (χ4n) is 1.65. The van der Waals surface area contributed by atoms with Gasteiger partial charge in [0, 0.05) is 12.3 Å². The number of sulfone groups is 1. The lowest BCUT2D eigenvalue weighted by atomic mass is 10.3. The predicted octanol–water partition coefficient (Wildman–Crippen LogP) is 0.485. The maximum absolute atomic E-state index is 12.3. The summed E-state index contributed by atoms with van der Waals surface area (Å²) >= 11 is 0. The van der Waals surface area contributed by atoms with Crippen LogP contribution < -0.4 is 16.7 Å². The number of H-pyrrole nitrogens is 1. The quantitative estimate of drug-likeness (QED) is 0.549. The van der Waals surface area contributed by atoms with Crippen LogP contribution in [0.2, 0.25) is 0 Å². The minimum Gasteiger partial charge on any atom is -0.326 e. The molecule has 0 atom stereocenters. The maximum Gasteiger partial charge on any atom is 0.202 e. The van der Waals surface area contributed by atoms with Gasteiger partial charge in [-0.3, -0.25) is 4.79 Å². The van der Waals surface area contributed by atoms with Crippen LogP contribution in [-0.4, -0.2) is 22.5 Å². The van der Waals surface area contributed by atoms with Gasteiger partial charge in [-0.15, -0.1) is 0 Å². The second-order valence-corrected chi connectivity index (χ2v) is 7.89. The van der Waals surface area contributed by atoms with E-state index in [0.29, 0.717) is 11.5 Å². The number of imidazole rings is 1. The first-order valence-electron chi connectivity index (χ1n) is 5.63. The van der Waals surface area contributed by atoms with E-state index >= 15 is 0 Å². The second kappa shape index (κ2) is 4.10. The average molecular weight is 284 g/mol. The molecule has 19 heavy (non-hydrogen) atoms. The van der Waals surface area contributed by atoms with Gasteiger partial charge in [-0.1, -0.05) is 0 Å². The van der Waals surface area contributed by atoms with Crippen LogP contribution in [0.5, 0.6) is 0 Å². The van der Waals surface area contributed by atoms with E-state index < -0.39 is 20.0 Å². The highest BCUT2D eigenvalue weighted by Crippen LogP contribution is 2.22. The summed E-state index contributed by atoms with van der Waals surface area (Å²) in [5.41, 5.74) is 2.32. The van der Waals surface area contributed by atoms with E-state index in [2.05, 4.69) is 10.4 Å². The van der Waals surface area contributed by atoms with Crippen molar-refractivity contribution in [1.82, 2.24) is 9.38 Å². The normalized spacial score (nSPS) is 12.8. The van der Waals surface area contributed by atoms with Crippen LogP contribution in [-0.2, 0) is 9.84 Å². The van der Waals surface area contributed by atoms with E-state index in [4.69, 9.17) is 5.84 Å². The van der Waals surface area contributed by atoms with Gasteiger partial charge >= 0.3 is 0 Å². The minimum atomic E-state index is -3.69. The van der Waals surface area contributed by atoms with Crippen molar-refractivity contribution in [3.05, 3.63) is 28.7 Å². The van der Waals surface area contributed by atoms with E-state index in [1.54, 1.807) is 27.0 Å². The van der Waals surface area contributed by atoms with Crippen molar-refractivity contribution in [3.63, 3.8) is 0 Å². The lowest BCUT2D eigenvalue weighted by molar-refractivity contribution is 0.559. The Morgan fingerprint density at radius 2 is 1.95 bits per heavy atom. The summed E-state index contributed by atoms with van der Waals surface area (Å²) in [6.07, 6.45) is 2.87. The number of nitrogens with zero attached hydrogens (tertiary/aromatic N) is 1. The Labute approximate surface area is 110 Å². The van der Waals surface area contributed by atoms with Crippen LogP contribution in [0.1, 0.15) is 20.8 Å². The second-order valence-electron chi connectivity index (χ2n) is 5.22. The Bertz CT molecular complexity index is 780. The van der Waals surface area contributed by atoms with Gasteiger partial charge in [-0.05, 0) is 20.8 Å². The van der Waals surface area contributed by atoms with Crippen LogP contribution in [0.25, 0.3) is 5.65 Å². The van der Waals surface area contributed by atoms with Crippen molar-refractivity contribution in [1.29, 1.82) is 0 Å². The molecule has 2 rings (SSSR count). The summed E-state index contributed by atoms with van der Waals surface area (Å²) in [7, 11) is -3.69. The first kappa shape index (κ1) is 13.6. The molecule has 2 aromatic rings. The molecule has 104 valence electrons. The summed E-state index contributed by atoms with van der Waals surface area (Å²) in [4.78, 5) is 14.6. The fraction of sp³-hybridized carbons (Fsp3) is 0.364. The smallest absolute Gasteiger partial charge is 0.202 e. The Balaban J connectivity index is 2.76. The van der Waals surface area contributed by atoms with Crippen molar-refractivity contribution in [2.45, 2.75) is 30.4 Å². The molecule has 0 bridgehead atoms. The maximum atomic E-state index is 12.3. The Kier molecular flexibility index (Phi) is 2.94. The number of rotatable bonds is 2. The number of hydrazine groups is 1. The molecule has 4 N–H and O–H groups in total. The van der Waals surface area contributed by atoms with Crippen LogP contribution in [0.15, 0.2) is 28.2 Å². The van der Waals surface area contributed by atoms with Crippen molar-refractivity contribution >= 4 is 21.3 Å². The molecule has 8 heteroatoms. The molecule has 2 aromatic heterocycles. The third kappa shape index (κ3) is 2.13. The lowest BCUT2D eigenvalue weighted by Gasteiger charge is -2.18. The van der Waals surface area contributed by atoms with Crippen molar-refractivity contribution in [2.75, 3.05) is 5.43 Å². The molecule has 0 spiro atoms. The summed E-state index contributed by atoms with van der Waals surface area (Å²) in [6.45, 7) is 4.67. The lowest BCUT2D eigenvalue weighted by Crippen LogP contribution is -2.32. The number of aromatic amines is 1. The van der Waals surface area contributed by atoms with Gasteiger partial charge in [-0.25, -0.2) is 14.3 Å². The molecule has 0 unspecified atom stereocenters. The molecule has 0 radical (unpaired) electrons. The SMILES string of the molecule is CC(C)(C)S(=O)(=O)c1cn2cc(NN)[nH]c2cc1=O. The molecule has 0 aliphatic heterocycles. The Morgan fingerprint density at radius 3 is 2.47 bits per heavy atom. The third-order valence-electron chi connectivity index (χ3n) is 2.83. The van der Waals surface area contributed by atoms with Crippen molar-refractivity contribution in [3.8, 4) is 0 Å². The zero-order chi connectivity index (χ0) is 14.4. The number of fused-ring (bicyclic) bond motifs is 1. The molecule has 0 saturated heterocycles. The van der Waals surface area contributed by atoms with E-state index in [0.717, 1.165) is 0 Å². The summed E-state index contributed by atoms with van der Waals surface area (Å²) in [5.74, 6) is 5.73. The van der Waals surface area contributed by atoms with Crippen molar-refractivity contribution in [2.24, 2.45) is 5.84 Å². The molecule has 0 fully saturated rings. The highest BCUT2D eigenvalue weighted by atomic mass is 32.2. The van der Waals surface area contributed by atoms with Gasteiger partial charge < -0.3 is 14.8 Å². The molecule has 0 saturated carbocycles. The highest BCUT2D eigenvalue weighted by molar-refractivity contribution is 7.92. The van der Waals surface area contributed by atoms with Gasteiger partial charge in [-0.2, -0.15) is 0 Å². The van der Waals surface area contributed by atoms with Crippen LogP contribution in [0, 0.1) is 0 Å². The first-order valence-corrected chi connectivity index (χ1v) is 7.11. The molecule has 0 aromatic carbocycles. The number of nitrogen functional groups attached to an aromatic ring is 1. The molecule has 0 aliphatic carbocycles.